The Morgan fingerprint density at radius 2 is 1.20 bits per heavy atom. The fourth-order valence-electron chi connectivity index (χ4n) is 3.45. The Balaban J connectivity index is 2.13. The normalized spacial score (nSPS) is 16.6. The first-order chi connectivity index (χ1) is 12.2. The summed E-state index contributed by atoms with van der Waals surface area (Å²) < 4.78 is 0. The number of amides is 2. The molecular weight excluding hydrogens is 312 g/mol. The predicted octanol–water partition coefficient (Wildman–Crippen LogP) is 4.57. The zero-order chi connectivity index (χ0) is 17.9. The largest absolute Gasteiger partial charge is 0.271 e. The van der Waals surface area contributed by atoms with Gasteiger partial charge in [0.25, 0.3) is 11.8 Å². The summed E-state index contributed by atoms with van der Waals surface area (Å²) in [6, 6.07) is 18.8. The third-order valence-electron chi connectivity index (χ3n) is 4.97. The second kappa shape index (κ2) is 7.09. The van der Waals surface area contributed by atoms with Crippen molar-refractivity contribution in [2.24, 2.45) is 5.41 Å². The van der Waals surface area contributed by atoms with Gasteiger partial charge in [-0.05, 0) is 37.1 Å². The maximum absolute atomic E-state index is 13.4. The van der Waals surface area contributed by atoms with E-state index in [1.165, 1.54) is 0 Å². The van der Waals surface area contributed by atoms with Gasteiger partial charge < -0.3 is 0 Å². The molecule has 0 spiro atoms. The zero-order valence-corrected chi connectivity index (χ0v) is 14.8. The Kier molecular flexibility index (Phi) is 4.88. The molecule has 4 nitrogen and oxygen atoms in total. The van der Waals surface area contributed by atoms with E-state index in [-0.39, 0.29) is 11.8 Å². The Labute approximate surface area is 149 Å². The van der Waals surface area contributed by atoms with Gasteiger partial charge >= 0.3 is 0 Å². The summed E-state index contributed by atoms with van der Waals surface area (Å²) in [5.41, 5.74) is 0.467. The molecule has 1 aliphatic heterocycles. The second-order valence-electron chi connectivity index (χ2n) is 6.44. The van der Waals surface area contributed by atoms with Crippen molar-refractivity contribution >= 4 is 23.2 Å². The molecule has 0 unspecified atom stereocenters. The van der Waals surface area contributed by atoms with Gasteiger partial charge in [0.1, 0.15) is 5.41 Å². The van der Waals surface area contributed by atoms with Gasteiger partial charge in [-0.1, -0.05) is 63.1 Å². The molecule has 25 heavy (non-hydrogen) atoms. The molecule has 3 rings (SSSR count). The molecule has 4 heteroatoms. The van der Waals surface area contributed by atoms with Crippen molar-refractivity contribution in [1.29, 1.82) is 0 Å². The van der Waals surface area contributed by atoms with Crippen LogP contribution in [0.5, 0.6) is 0 Å². The molecule has 1 aliphatic rings. The molecule has 2 aromatic rings. The fraction of sp³-hybridized carbons (Fsp3) is 0.333. The van der Waals surface area contributed by atoms with E-state index >= 15 is 0 Å². The van der Waals surface area contributed by atoms with Gasteiger partial charge in [0, 0.05) is 0 Å². The molecule has 0 saturated carbocycles. The number of carbonyl (C=O) groups is 2. The van der Waals surface area contributed by atoms with Crippen LogP contribution in [0.25, 0.3) is 0 Å². The minimum atomic E-state index is -0.971. The van der Waals surface area contributed by atoms with Gasteiger partial charge in [0.2, 0.25) is 0 Å². The lowest BCUT2D eigenvalue weighted by Gasteiger charge is -2.27. The van der Waals surface area contributed by atoms with Crippen LogP contribution in [0.1, 0.15) is 39.5 Å². The molecule has 0 aliphatic carbocycles. The molecule has 1 heterocycles. The molecule has 2 aromatic carbocycles. The average Bonchev–Trinajstić information content (AvgIpc) is 2.89. The number of rotatable bonds is 6. The van der Waals surface area contributed by atoms with Gasteiger partial charge in [-0.3, -0.25) is 9.59 Å². The Morgan fingerprint density at radius 3 is 1.56 bits per heavy atom. The van der Waals surface area contributed by atoms with Crippen LogP contribution in [0.4, 0.5) is 11.4 Å². The maximum Gasteiger partial charge on any atom is 0.261 e. The van der Waals surface area contributed by atoms with Crippen LogP contribution < -0.4 is 10.0 Å². The standard InChI is InChI=1S/C21H24N2O2/c1-3-5-16-21(4-2)19(24)22(17-12-8-6-9-13-17)23(20(21)25)18-14-10-7-11-15-18/h6-15H,3-5,16H2,1-2H3. The highest BCUT2D eigenvalue weighted by atomic mass is 16.2. The van der Waals surface area contributed by atoms with Crippen molar-refractivity contribution in [1.82, 2.24) is 0 Å². The number of para-hydroxylation sites is 2. The molecule has 130 valence electrons. The van der Waals surface area contributed by atoms with E-state index in [1.807, 2.05) is 67.6 Å². The van der Waals surface area contributed by atoms with Crippen molar-refractivity contribution < 1.29 is 9.59 Å². The summed E-state index contributed by atoms with van der Waals surface area (Å²) in [5, 5.41) is 3.10. The zero-order valence-electron chi connectivity index (χ0n) is 14.8. The first-order valence-corrected chi connectivity index (χ1v) is 8.95. The number of unbranched alkanes of at least 4 members (excludes halogenated alkanes) is 1. The van der Waals surface area contributed by atoms with Crippen LogP contribution in [-0.4, -0.2) is 11.8 Å². The summed E-state index contributed by atoms with van der Waals surface area (Å²) in [7, 11) is 0. The minimum absolute atomic E-state index is 0.122. The third kappa shape index (κ3) is 2.82. The van der Waals surface area contributed by atoms with Crippen molar-refractivity contribution in [2.75, 3.05) is 10.0 Å². The van der Waals surface area contributed by atoms with Crippen LogP contribution in [0.3, 0.4) is 0 Å². The summed E-state index contributed by atoms with van der Waals surface area (Å²) in [4.78, 5) is 26.8. The number of anilines is 2. The van der Waals surface area contributed by atoms with Crippen LogP contribution in [0, 0.1) is 5.41 Å². The molecule has 2 amide bonds. The van der Waals surface area contributed by atoms with Crippen molar-refractivity contribution in [3.8, 4) is 0 Å². The topological polar surface area (TPSA) is 40.6 Å². The number of hydrogen-bond acceptors (Lipinski definition) is 2. The number of benzene rings is 2. The molecule has 1 saturated heterocycles. The van der Waals surface area contributed by atoms with Gasteiger partial charge in [-0.15, -0.1) is 0 Å². The van der Waals surface area contributed by atoms with Crippen LogP contribution in [-0.2, 0) is 9.59 Å². The number of hydrazine groups is 1. The minimum Gasteiger partial charge on any atom is -0.271 e. The molecule has 0 aromatic heterocycles. The van der Waals surface area contributed by atoms with E-state index < -0.39 is 5.41 Å². The van der Waals surface area contributed by atoms with E-state index in [4.69, 9.17) is 0 Å². The monoisotopic (exact) mass is 336 g/mol. The summed E-state index contributed by atoms with van der Waals surface area (Å²) >= 11 is 0. The highest BCUT2D eigenvalue weighted by Crippen LogP contribution is 2.43. The Morgan fingerprint density at radius 1 is 0.760 bits per heavy atom. The number of nitrogens with zero attached hydrogens (tertiary/aromatic N) is 2. The fourth-order valence-corrected chi connectivity index (χ4v) is 3.45. The Hall–Kier alpha value is -2.62. The van der Waals surface area contributed by atoms with Gasteiger partial charge in [0.05, 0.1) is 11.4 Å². The van der Waals surface area contributed by atoms with E-state index in [0.717, 1.165) is 24.2 Å². The summed E-state index contributed by atoms with van der Waals surface area (Å²) in [5.74, 6) is -0.244. The highest BCUT2D eigenvalue weighted by molar-refractivity contribution is 6.26. The maximum atomic E-state index is 13.4. The SMILES string of the molecule is CCCCC1(CC)C(=O)N(c2ccccc2)N(c2ccccc2)C1=O. The van der Waals surface area contributed by atoms with Gasteiger partial charge in [0.15, 0.2) is 0 Å². The molecule has 0 atom stereocenters. The third-order valence-corrected chi connectivity index (χ3v) is 4.97. The smallest absolute Gasteiger partial charge is 0.261 e. The molecular formula is C21H24N2O2. The first kappa shape index (κ1) is 17.2. The number of carbonyl (C=O) groups excluding carboxylic acids is 2. The lowest BCUT2D eigenvalue weighted by atomic mass is 9.79. The van der Waals surface area contributed by atoms with Crippen molar-refractivity contribution in [3.05, 3.63) is 60.7 Å². The van der Waals surface area contributed by atoms with Crippen LogP contribution in [0.2, 0.25) is 0 Å². The lowest BCUT2D eigenvalue weighted by molar-refractivity contribution is -0.135. The lowest BCUT2D eigenvalue weighted by Crippen LogP contribution is -2.41. The Bertz CT molecular complexity index is 686. The average molecular weight is 336 g/mol. The molecule has 1 fully saturated rings. The van der Waals surface area contributed by atoms with Crippen LogP contribution >= 0.6 is 0 Å². The quantitative estimate of drug-likeness (QED) is 0.725. The summed E-state index contributed by atoms with van der Waals surface area (Å²) in [6.45, 7) is 4.01. The van der Waals surface area contributed by atoms with E-state index in [0.29, 0.717) is 12.8 Å². The van der Waals surface area contributed by atoms with E-state index in [2.05, 4.69) is 6.92 Å². The van der Waals surface area contributed by atoms with Crippen molar-refractivity contribution in [2.45, 2.75) is 39.5 Å². The number of hydrogen-bond donors (Lipinski definition) is 0. The summed E-state index contributed by atoms with van der Waals surface area (Å²) in [6.07, 6.45) is 2.91. The van der Waals surface area contributed by atoms with Crippen LogP contribution in [0.15, 0.2) is 60.7 Å². The highest BCUT2D eigenvalue weighted by Gasteiger charge is 2.57. The van der Waals surface area contributed by atoms with Crippen molar-refractivity contribution in [3.63, 3.8) is 0 Å². The molecule has 0 bridgehead atoms. The molecule has 0 radical (unpaired) electrons. The van der Waals surface area contributed by atoms with Gasteiger partial charge in [-0.25, -0.2) is 10.0 Å². The second-order valence-corrected chi connectivity index (χ2v) is 6.44. The first-order valence-electron chi connectivity index (χ1n) is 8.95. The van der Waals surface area contributed by atoms with E-state index in [1.54, 1.807) is 10.0 Å². The van der Waals surface area contributed by atoms with Gasteiger partial charge in [-0.2, -0.15) is 0 Å². The predicted molar refractivity (Wildman–Crippen MR) is 100 cm³/mol. The molecule has 0 N–H and O–H groups in total. The van der Waals surface area contributed by atoms with E-state index in [9.17, 15) is 9.59 Å².